The van der Waals surface area contributed by atoms with Gasteiger partial charge in [-0.25, -0.2) is 8.42 Å². The summed E-state index contributed by atoms with van der Waals surface area (Å²) in [5.74, 6) is 0.251. The maximum atomic E-state index is 12.2. The molecule has 1 amide bonds. The summed E-state index contributed by atoms with van der Waals surface area (Å²) in [7, 11) is -1.81. The molecule has 2 rings (SSSR count). The van der Waals surface area contributed by atoms with Gasteiger partial charge in [0.05, 0.1) is 17.2 Å². The highest BCUT2D eigenvalue weighted by molar-refractivity contribution is 7.91. The molecular weight excluding hydrogens is 328 g/mol. The van der Waals surface area contributed by atoms with E-state index in [4.69, 9.17) is 0 Å². The van der Waals surface area contributed by atoms with Gasteiger partial charge in [-0.2, -0.15) is 0 Å². The minimum absolute atomic E-state index is 0.0599. The Hall–Kier alpha value is -2.22. The van der Waals surface area contributed by atoms with Gasteiger partial charge in [0.1, 0.15) is 6.33 Å². The van der Waals surface area contributed by atoms with Gasteiger partial charge in [0.25, 0.3) is 0 Å². The molecule has 0 bridgehead atoms. The lowest BCUT2D eigenvalue weighted by Crippen LogP contribution is -2.29. The molecule has 130 valence electrons. The lowest BCUT2D eigenvalue weighted by molar-refractivity contribution is -0.130. The first-order valence-electron chi connectivity index (χ1n) is 7.82. The average molecular weight is 350 g/mol. The normalized spacial score (nSPS) is 11.4. The van der Waals surface area contributed by atoms with Gasteiger partial charge in [-0.1, -0.05) is 25.1 Å². The van der Waals surface area contributed by atoms with Gasteiger partial charge in [-0.3, -0.25) is 4.79 Å². The van der Waals surface area contributed by atoms with E-state index >= 15 is 0 Å². The molecule has 0 radical (unpaired) electrons. The van der Waals surface area contributed by atoms with Crippen LogP contribution in [-0.4, -0.2) is 46.8 Å². The summed E-state index contributed by atoms with van der Waals surface area (Å²) >= 11 is 0. The summed E-state index contributed by atoms with van der Waals surface area (Å²) in [5.41, 5.74) is 0. The molecule has 0 aliphatic heterocycles. The molecule has 0 atom stereocenters. The lowest BCUT2D eigenvalue weighted by atomic mass is 10.4. The lowest BCUT2D eigenvalue weighted by Gasteiger charge is -2.17. The van der Waals surface area contributed by atoms with Crippen LogP contribution in [0.3, 0.4) is 0 Å². The molecule has 1 heterocycles. The van der Waals surface area contributed by atoms with Crippen LogP contribution in [0.5, 0.6) is 0 Å². The Balaban J connectivity index is 1.93. The number of aromatic nitrogens is 3. The maximum absolute atomic E-state index is 12.2. The van der Waals surface area contributed by atoms with Crippen LogP contribution >= 0.6 is 0 Å². The number of amides is 1. The molecular formula is C16H22N4O3S. The van der Waals surface area contributed by atoms with E-state index in [1.54, 1.807) is 31.6 Å². The molecule has 0 saturated heterocycles. The van der Waals surface area contributed by atoms with Gasteiger partial charge in [-0.15, -0.1) is 10.2 Å². The van der Waals surface area contributed by atoms with Crippen LogP contribution in [0.15, 0.2) is 41.6 Å². The molecule has 0 N–H and O–H groups in total. The van der Waals surface area contributed by atoms with E-state index < -0.39 is 9.84 Å². The van der Waals surface area contributed by atoms with Crippen LogP contribution in [0.1, 0.15) is 25.6 Å². The fourth-order valence-electron chi connectivity index (χ4n) is 2.29. The predicted octanol–water partition coefficient (Wildman–Crippen LogP) is 1.51. The summed E-state index contributed by atoms with van der Waals surface area (Å²) in [6.45, 7) is 3.14. The molecule has 7 nitrogen and oxygen atoms in total. The monoisotopic (exact) mass is 350 g/mol. The zero-order chi connectivity index (χ0) is 17.6. The van der Waals surface area contributed by atoms with E-state index in [0.29, 0.717) is 12.4 Å². The van der Waals surface area contributed by atoms with E-state index in [1.165, 1.54) is 17.0 Å². The Morgan fingerprint density at radius 1 is 1.25 bits per heavy atom. The Morgan fingerprint density at radius 2 is 1.96 bits per heavy atom. The zero-order valence-corrected chi connectivity index (χ0v) is 14.7. The first-order valence-corrected chi connectivity index (χ1v) is 9.47. The minimum atomic E-state index is -3.45. The van der Waals surface area contributed by atoms with Crippen molar-refractivity contribution < 1.29 is 13.2 Å². The predicted molar refractivity (Wildman–Crippen MR) is 89.9 cm³/mol. The van der Waals surface area contributed by atoms with E-state index in [9.17, 15) is 13.2 Å². The van der Waals surface area contributed by atoms with Crippen molar-refractivity contribution in [3.8, 4) is 0 Å². The first kappa shape index (κ1) is 18.1. The van der Waals surface area contributed by atoms with Gasteiger partial charge >= 0.3 is 0 Å². The first-order chi connectivity index (χ1) is 11.4. The standard InChI is InChI=1S/C16H22N4O3S/c1-3-10-20-13-17-18-15(20)12-19(2)16(21)9-11-24(22,23)14-7-5-4-6-8-14/h4-8,13H,3,9-12H2,1-2H3. The highest BCUT2D eigenvalue weighted by Gasteiger charge is 2.19. The highest BCUT2D eigenvalue weighted by atomic mass is 32.2. The highest BCUT2D eigenvalue weighted by Crippen LogP contribution is 2.12. The number of carbonyl (C=O) groups is 1. The Bertz CT molecular complexity index is 772. The van der Waals surface area contributed by atoms with Crippen molar-refractivity contribution in [3.63, 3.8) is 0 Å². The summed E-state index contributed by atoms with van der Waals surface area (Å²) in [6.07, 6.45) is 2.52. The van der Waals surface area contributed by atoms with Crippen molar-refractivity contribution in [2.75, 3.05) is 12.8 Å². The van der Waals surface area contributed by atoms with Gasteiger partial charge in [0.15, 0.2) is 15.7 Å². The molecule has 24 heavy (non-hydrogen) atoms. The molecule has 1 aromatic carbocycles. The summed E-state index contributed by atoms with van der Waals surface area (Å²) in [4.78, 5) is 13.9. The Labute approximate surface area is 142 Å². The molecule has 8 heteroatoms. The number of sulfone groups is 1. The van der Waals surface area contributed by atoms with Gasteiger partial charge in [-0.05, 0) is 18.6 Å². The summed E-state index contributed by atoms with van der Waals surface area (Å²) in [5, 5.41) is 7.87. The van der Waals surface area contributed by atoms with Crippen molar-refractivity contribution in [2.24, 2.45) is 0 Å². The molecule has 0 unspecified atom stereocenters. The number of rotatable bonds is 8. The topological polar surface area (TPSA) is 85.2 Å². The van der Waals surface area contributed by atoms with Gasteiger partial charge < -0.3 is 9.47 Å². The van der Waals surface area contributed by atoms with Crippen LogP contribution in [0, 0.1) is 0 Å². The SMILES string of the molecule is CCCn1cnnc1CN(C)C(=O)CCS(=O)(=O)c1ccccc1. The Kier molecular flexibility index (Phi) is 6.08. The maximum Gasteiger partial charge on any atom is 0.223 e. The number of benzene rings is 1. The van der Waals surface area contributed by atoms with E-state index in [1.807, 2.05) is 11.5 Å². The van der Waals surface area contributed by atoms with Crippen molar-refractivity contribution >= 4 is 15.7 Å². The third-order valence-corrected chi connectivity index (χ3v) is 5.38. The fraction of sp³-hybridized carbons (Fsp3) is 0.438. The number of hydrogen-bond donors (Lipinski definition) is 0. The van der Waals surface area contributed by atoms with Crippen molar-refractivity contribution in [3.05, 3.63) is 42.5 Å². The van der Waals surface area contributed by atoms with Crippen molar-refractivity contribution in [1.82, 2.24) is 19.7 Å². The zero-order valence-electron chi connectivity index (χ0n) is 13.9. The quantitative estimate of drug-likeness (QED) is 0.720. The number of nitrogens with zero attached hydrogens (tertiary/aromatic N) is 4. The fourth-order valence-corrected chi connectivity index (χ4v) is 3.54. The molecule has 0 saturated carbocycles. The van der Waals surface area contributed by atoms with Crippen LogP contribution < -0.4 is 0 Å². The molecule has 0 spiro atoms. The van der Waals surface area contributed by atoms with Gasteiger partial charge in [0, 0.05) is 20.0 Å². The van der Waals surface area contributed by atoms with E-state index in [2.05, 4.69) is 10.2 Å². The number of hydrogen-bond acceptors (Lipinski definition) is 5. The van der Waals surface area contributed by atoms with E-state index in [-0.39, 0.29) is 23.0 Å². The molecule has 0 fully saturated rings. The average Bonchev–Trinajstić information content (AvgIpc) is 3.01. The minimum Gasteiger partial charge on any atom is -0.338 e. The van der Waals surface area contributed by atoms with Gasteiger partial charge in [0.2, 0.25) is 5.91 Å². The van der Waals surface area contributed by atoms with Crippen molar-refractivity contribution in [2.45, 2.75) is 37.8 Å². The summed E-state index contributed by atoms with van der Waals surface area (Å²) < 4.78 is 26.3. The number of carbonyl (C=O) groups excluding carboxylic acids is 1. The summed E-state index contributed by atoms with van der Waals surface area (Å²) in [6, 6.07) is 8.17. The van der Waals surface area contributed by atoms with Crippen LogP contribution in [0.2, 0.25) is 0 Å². The van der Waals surface area contributed by atoms with Crippen LogP contribution in [0.25, 0.3) is 0 Å². The third kappa shape index (κ3) is 4.64. The Morgan fingerprint density at radius 3 is 2.62 bits per heavy atom. The molecule has 1 aromatic heterocycles. The smallest absolute Gasteiger partial charge is 0.223 e. The second-order valence-corrected chi connectivity index (χ2v) is 7.68. The third-order valence-electron chi connectivity index (χ3n) is 3.65. The number of aryl methyl sites for hydroxylation is 1. The molecule has 0 aliphatic carbocycles. The largest absolute Gasteiger partial charge is 0.338 e. The second-order valence-electron chi connectivity index (χ2n) is 5.57. The molecule has 2 aromatic rings. The molecule has 0 aliphatic rings. The van der Waals surface area contributed by atoms with Crippen LogP contribution in [0.4, 0.5) is 0 Å². The van der Waals surface area contributed by atoms with Crippen molar-refractivity contribution in [1.29, 1.82) is 0 Å². The second kappa shape index (κ2) is 8.05. The van der Waals surface area contributed by atoms with E-state index in [0.717, 1.165) is 13.0 Å². The van der Waals surface area contributed by atoms with Crippen LogP contribution in [-0.2, 0) is 27.7 Å².